The molecule has 0 aliphatic heterocycles. The Labute approximate surface area is 125 Å². The van der Waals surface area contributed by atoms with Crippen molar-refractivity contribution in [3.8, 4) is 17.1 Å². The Morgan fingerprint density at radius 3 is 2.77 bits per heavy atom. The molecular weight excluding hydrogens is 282 g/mol. The van der Waals surface area contributed by atoms with Gasteiger partial charge in [-0.3, -0.25) is 9.59 Å². The highest BCUT2D eigenvalue weighted by Gasteiger charge is 2.15. The lowest BCUT2D eigenvalue weighted by Gasteiger charge is -2.07. The Hall–Kier alpha value is -3.15. The van der Waals surface area contributed by atoms with E-state index >= 15 is 0 Å². The first-order valence-electron chi connectivity index (χ1n) is 6.61. The van der Waals surface area contributed by atoms with E-state index in [-0.39, 0.29) is 12.3 Å². The molecule has 1 heterocycles. The molecule has 0 spiro atoms. The Bertz CT molecular complexity index is 883. The van der Waals surface area contributed by atoms with Gasteiger partial charge in [0.2, 0.25) is 5.91 Å². The van der Waals surface area contributed by atoms with Crippen molar-refractivity contribution < 1.29 is 14.7 Å². The number of imidazole rings is 1. The van der Waals surface area contributed by atoms with Crippen LogP contribution in [0.3, 0.4) is 0 Å². The normalized spacial score (nSPS) is 10.7. The zero-order chi connectivity index (χ0) is 15.7. The second-order valence-electron chi connectivity index (χ2n) is 4.90. The maximum Gasteiger partial charge on any atom is 0.237 e. The molecule has 0 saturated carbocycles. The number of hydrogen-bond donors (Lipinski definition) is 2. The molecule has 3 rings (SSSR count). The van der Waals surface area contributed by atoms with Crippen molar-refractivity contribution >= 4 is 23.2 Å². The van der Waals surface area contributed by atoms with E-state index < -0.39 is 5.91 Å². The van der Waals surface area contributed by atoms with Crippen molar-refractivity contribution in [2.24, 2.45) is 5.73 Å². The molecule has 0 atom stereocenters. The largest absolute Gasteiger partial charge is 0.508 e. The molecule has 0 bridgehead atoms. The fraction of sp³-hybridized carbons (Fsp3) is 0.0625. The molecule has 0 aliphatic carbocycles. The quantitative estimate of drug-likeness (QED) is 0.716. The summed E-state index contributed by atoms with van der Waals surface area (Å²) in [5.74, 6) is 0.108. The third kappa shape index (κ3) is 2.42. The van der Waals surface area contributed by atoms with Crippen LogP contribution in [0.5, 0.6) is 5.75 Å². The van der Waals surface area contributed by atoms with Crippen molar-refractivity contribution in [2.75, 3.05) is 0 Å². The monoisotopic (exact) mass is 295 g/mol. The summed E-state index contributed by atoms with van der Waals surface area (Å²) in [4.78, 5) is 26.7. The van der Waals surface area contributed by atoms with E-state index in [0.717, 1.165) is 6.29 Å². The number of nitrogens with two attached hydrogens (primary N) is 1. The third-order valence-electron chi connectivity index (χ3n) is 3.33. The lowest BCUT2D eigenvalue weighted by Crippen LogP contribution is -2.19. The van der Waals surface area contributed by atoms with E-state index in [4.69, 9.17) is 5.73 Å². The summed E-state index contributed by atoms with van der Waals surface area (Å²) in [7, 11) is 0. The zero-order valence-electron chi connectivity index (χ0n) is 11.6. The molecule has 1 amide bonds. The molecule has 0 saturated heterocycles. The van der Waals surface area contributed by atoms with Crippen LogP contribution in [-0.2, 0) is 11.3 Å². The zero-order valence-corrected chi connectivity index (χ0v) is 11.6. The molecule has 3 N–H and O–H groups in total. The summed E-state index contributed by atoms with van der Waals surface area (Å²) >= 11 is 0. The van der Waals surface area contributed by atoms with Crippen molar-refractivity contribution in [1.29, 1.82) is 0 Å². The molecule has 22 heavy (non-hydrogen) atoms. The van der Waals surface area contributed by atoms with Gasteiger partial charge >= 0.3 is 0 Å². The molecular formula is C16H13N3O3. The number of benzene rings is 2. The smallest absolute Gasteiger partial charge is 0.237 e. The number of nitrogens with zero attached hydrogens (tertiary/aromatic N) is 2. The number of carbonyl (C=O) groups excluding carboxylic acids is 2. The Morgan fingerprint density at radius 2 is 2.09 bits per heavy atom. The van der Waals surface area contributed by atoms with Gasteiger partial charge in [0.1, 0.15) is 24.4 Å². The molecule has 110 valence electrons. The van der Waals surface area contributed by atoms with Crippen LogP contribution in [0.4, 0.5) is 0 Å². The molecule has 3 aromatic rings. The van der Waals surface area contributed by atoms with Crippen molar-refractivity contribution in [3.05, 3.63) is 48.0 Å². The number of fused-ring (bicyclic) bond motifs is 1. The number of rotatable bonds is 4. The second-order valence-corrected chi connectivity index (χ2v) is 4.90. The SMILES string of the molecule is NC(=O)Cn1c(-c2cccc(O)c2)nc2cc(C=O)ccc21. The van der Waals surface area contributed by atoms with E-state index in [1.807, 2.05) is 0 Å². The number of aldehydes is 1. The van der Waals surface area contributed by atoms with Crippen LogP contribution in [0, 0.1) is 0 Å². The van der Waals surface area contributed by atoms with Gasteiger partial charge in [-0.1, -0.05) is 12.1 Å². The summed E-state index contributed by atoms with van der Waals surface area (Å²) in [6.45, 7) is -0.0398. The Balaban J connectivity index is 2.27. The number of aromatic hydroxyl groups is 1. The summed E-state index contributed by atoms with van der Waals surface area (Å²) in [5, 5.41) is 9.63. The first-order valence-corrected chi connectivity index (χ1v) is 6.61. The molecule has 0 aliphatic rings. The third-order valence-corrected chi connectivity index (χ3v) is 3.33. The number of aromatic nitrogens is 2. The predicted molar refractivity (Wildman–Crippen MR) is 81.4 cm³/mol. The fourth-order valence-electron chi connectivity index (χ4n) is 2.40. The standard InChI is InChI=1S/C16H13N3O3/c17-15(22)8-19-14-5-4-10(9-20)6-13(14)18-16(19)11-2-1-3-12(21)7-11/h1-7,9,21H,8H2,(H2,17,22). The fourth-order valence-corrected chi connectivity index (χ4v) is 2.40. The number of amides is 1. The van der Waals surface area contributed by atoms with Crippen LogP contribution in [0.2, 0.25) is 0 Å². The number of hydrogen-bond acceptors (Lipinski definition) is 4. The van der Waals surface area contributed by atoms with Crippen LogP contribution in [0.15, 0.2) is 42.5 Å². The molecule has 1 aromatic heterocycles. The van der Waals surface area contributed by atoms with E-state index in [2.05, 4.69) is 4.98 Å². The molecule has 6 nitrogen and oxygen atoms in total. The van der Waals surface area contributed by atoms with Gasteiger partial charge in [0.25, 0.3) is 0 Å². The van der Waals surface area contributed by atoms with Crippen molar-refractivity contribution in [3.63, 3.8) is 0 Å². The lowest BCUT2D eigenvalue weighted by atomic mass is 10.2. The van der Waals surface area contributed by atoms with Gasteiger partial charge < -0.3 is 15.4 Å². The van der Waals surface area contributed by atoms with E-state index in [9.17, 15) is 14.7 Å². The molecule has 2 aromatic carbocycles. The minimum Gasteiger partial charge on any atom is -0.508 e. The average molecular weight is 295 g/mol. The maximum absolute atomic E-state index is 11.4. The van der Waals surface area contributed by atoms with Gasteiger partial charge in [-0.25, -0.2) is 4.98 Å². The topological polar surface area (TPSA) is 98.2 Å². The Kier molecular flexibility index (Phi) is 3.34. The lowest BCUT2D eigenvalue weighted by molar-refractivity contribution is -0.118. The molecule has 6 heteroatoms. The van der Waals surface area contributed by atoms with Crippen molar-refractivity contribution in [2.45, 2.75) is 6.54 Å². The van der Waals surface area contributed by atoms with Crippen LogP contribution < -0.4 is 5.73 Å². The number of primary amides is 1. The van der Waals surface area contributed by atoms with E-state index in [0.29, 0.717) is 28.0 Å². The van der Waals surface area contributed by atoms with Crippen LogP contribution >= 0.6 is 0 Å². The minimum absolute atomic E-state index is 0.0398. The highest BCUT2D eigenvalue weighted by atomic mass is 16.3. The highest BCUT2D eigenvalue weighted by Crippen LogP contribution is 2.27. The van der Waals surface area contributed by atoms with Gasteiger partial charge in [0, 0.05) is 11.1 Å². The number of phenols is 1. The average Bonchev–Trinajstić information content (AvgIpc) is 2.84. The van der Waals surface area contributed by atoms with Gasteiger partial charge in [0.05, 0.1) is 11.0 Å². The maximum atomic E-state index is 11.4. The van der Waals surface area contributed by atoms with Gasteiger partial charge in [-0.2, -0.15) is 0 Å². The highest BCUT2D eigenvalue weighted by molar-refractivity contribution is 5.88. The Morgan fingerprint density at radius 1 is 1.27 bits per heavy atom. The van der Waals surface area contributed by atoms with Crippen LogP contribution in [0.25, 0.3) is 22.4 Å². The summed E-state index contributed by atoms with van der Waals surface area (Å²) in [6, 6.07) is 11.6. The minimum atomic E-state index is -0.500. The van der Waals surface area contributed by atoms with Crippen LogP contribution in [-0.4, -0.2) is 26.9 Å². The first kappa shape index (κ1) is 13.8. The van der Waals surface area contributed by atoms with Gasteiger partial charge in [0.15, 0.2) is 0 Å². The number of carbonyl (C=O) groups is 2. The summed E-state index contributed by atoms with van der Waals surface area (Å²) < 4.78 is 1.67. The molecule has 0 radical (unpaired) electrons. The number of phenolic OH excluding ortho intramolecular Hbond substituents is 1. The second kappa shape index (κ2) is 5.33. The van der Waals surface area contributed by atoms with E-state index in [1.54, 1.807) is 47.0 Å². The van der Waals surface area contributed by atoms with Crippen LogP contribution in [0.1, 0.15) is 10.4 Å². The van der Waals surface area contributed by atoms with Gasteiger partial charge in [-0.05, 0) is 30.3 Å². The summed E-state index contributed by atoms with van der Waals surface area (Å²) in [5.41, 5.74) is 7.76. The van der Waals surface area contributed by atoms with E-state index in [1.165, 1.54) is 0 Å². The predicted octanol–water partition coefficient (Wildman–Crippen LogP) is 1.71. The first-order chi connectivity index (χ1) is 10.6. The summed E-state index contributed by atoms with van der Waals surface area (Å²) in [6.07, 6.45) is 0.737. The van der Waals surface area contributed by atoms with Gasteiger partial charge in [-0.15, -0.1) is 0 Å². The molecule has 0 unspecified atom stereocenters. The molecule has 0 fully saturated rings. The van der Waals surface area contributed by atoms with Crippen molar-refractivity contribution in [1.82, 2.24) is 9.55 Å².